The van der Waals surface area contributed by atoms with Crippen LogP contribution in [-0.4, -0.2) is 15.9 Å². The summed E-state index contributed by atoms with van der Waals surface area (Å²) in [5, 5.41) is 4.72. The predicted molar refractivity (Wildman–Crippen MR) is 119 cm³/mol. The first-order valence-corrected chi connectivity index (χ1v) is 9.79. The smallest absolute Gasteiger partial charge is 0.257 e. The summed E-state index contributed by atoms with van der Waals surface area (Å²) in [7, 11) is 0. The van der Waals surface area contributed by atoms with Gasteiger partial charge in [-0.25, -0.2) is 9.97 Å². The molecule has 29 heavy (non-hydrogen) atoms. The van der Waals surface area contributed by atoms with Gasteiger partial charge in [-0.2, -0.15) is 0 Å². The maximum absolute atomic E-state index is 13.3. The van der Waals surface area contributed by atoms with E-state index in [1.54, 1.807) is 18.3 Å². The minimum Gasteiger partial charge on any atom is -0.306 e. The lowest BCUT2D eigenvalue weighted by Gasteiger charge is -2.16. The van der Waals surface area contributed by atoms with Crippen molar-refractivity contribution in [2.75, 3.05) is 5.32 Å². The van der Waals surface area contributed by atoms with Crippen LogP contribution in [0.4, 0.5) is 5.82 Å². The van der Waals surface area contributed by atoms with Crippen LogP contribution < -0.4 is 5.32 Å². The summed E-state index contributed by atoms with van der Waals surface area (Å²) in [5.41, 5.74) is 4.25. The van der Waals surface area contributed by atoms with E-state index >= 15 is 0 Å². The average molecular weight is 422 g/mol. The predicted octanol–water partition coefficient (Wildman–Crippen LogP) is 6.47. The molecule has 2 heterocycles. The molecule has 0 aliphatic carbocycles. The van der Waals surface area contributed by atoms with E-state index in [4.69, 9.17) is 28.2 Å². The molecule has 0 spiro atoms. The largest absolute Gasteiger partial charge is 0.306 e. The van der Waals surface area contributed by atoms with E-state index in [9.17, 15) is 4.79 Å². The van der Waals surface area contributed by atoms with Gasteiger partial charge in [0.25, 0.3) is 5.91 Å². The van der Waals surface area contributed by atoms with Crippen LogP contribution >= 0.6 is 23.2 Å². The van der Waals surface area contributed by atoms with Crippen molar-refractivity contribution in [3.05, 3.63) is 87.5 Å². The van der Waals surface area contributed by atoms with Gasteiger partial charge >= 0.3 is 0 Å². The number of nitrogens with one attached hydrogen (secondary N) is 1. The van der Waals surface area contributed by atoms with Crippen molar-refractivity contribution in [3.8, 4) is 11.3 Å². The number of amides is 1. The Morgan fingerprint density at radius 3 is 2.55 bits per heavy atom. The Balaban J connectivity index is 1.92. The first kappa shape index (κ1) is 19.4. The molecule has 0 aliphatic heterocycles. The van der Waals surface area contributed by atoms with E-state index < -0.39 is 0 Å². The van der Waals surface area contributed by atoms with E-state index in [1.165, 1.54) is 0 Å². The first-order valence-electron chi connectivity index (χ1n) is 9.03. The van der Waals surface area contributed by atoms with E-state index in [1.807, 2.05) is 56.3 Å². The number of hydrogen-bond acceptors (Lipinski definition) is 3. The number of para-hydroxylation sites is 1. The average Bonchev–Trinajstić information content (AvgIpc) is 2.69. The van der Waals surface area contributed by atoms with Crippen LogP contribution in [0.15, 0.2) is 60.8 Å². The zero-order chi connectivity index (χ0) is 20.5. The molecule has 0 fully saturated rings. The Bertz CT molecular complexity index is 1250. The van der Waals surface area contributed by atoms with E-state index in [2.05, 4.69) is 10.3 Å². The number of carbonyl (C=O) groups is 1. The Labute approximate surface area is 178 Å². The van der Waals surface area contributed by atoms with Gasteiger partial charge in [0.1, 0.15) is 5.82 Å². The van der Waals surface area contributed by atoms with Gasteiger partial charge in [-0.05, 0) is 55.3 Å². The van der Waals surface area contributed by atoms with E-state index in [0.717, 1.165) is 22.1 Å². The Morgan fingerprint density at radius 2 is 1.79 bits per heavy atom. The molecule has 1 N–H and O–H groups in total. The van der Waals surface area contributed by atoms with Crippen molar-refractivity contribution in [2.45, 2.75) is 13.8 Å². The second kappa shape index (κ2) is 7.82. The zero-order valence-corrected chi connectivity index (χ0v) is 17.3. The van der Waals surface area contributed by atoms with Crippen LogP contribution in [0, 0.1) is 13.8 Å². The highest BCUT2D eigenvalue weighted by atomic mass is 35.5. The summed E-state index contributed by atoms with van der Waals surface area (Å²) >= 11 is 12.5. The monoisotopic (exact) mass is 421 g/mol. The summed E-state index contributed by atoms with van der Waals surface area (Å²) in [6, 6.07) is 16.5. The molecule has 6 heteroatoms. The molecule has 0 unspecified atom stereocenters. The number of hydrogen-bond donors (Lipinski definition) is 1. The van der Waals surface area contributed by atoms with Crippen LogP contribution in [0.1, 0.15) is 21.5 Å². The first-order chi connectivity index (χ1) is 14.0. The number of anilines is 1. The number of fused-ring (bicyclic) bond motifs is 1. The van der Waals surface area contributed by atoms with Crippen LogP contribution in [0.3, 0.4) is 0 Å². The van der Waals surface area contributed by atoms with Gasteiger partial charge in [0.05, 0.1) is 21.8 Å². The molecule has 0 bridgehead atoms. The molecule has 0 aliphatic rings. The number of pyridine rings is 2. The van der Waals surface area contributed by atoms with E-state index in [0.29, 0.717) is 32.6 Å². The van der Waals surface area contributed by atoms with Crippen molar-refractivity contribution in [3.63, 3.8) is 0 Å². The normalized spacial score (nSPS) is 10.9. The lowest BCUT2D eigenvalue weighted by molar-refractivity contribution is 0.102. The fourth-order valence-electron chi connectivity index (χ4n) is 3.33. The van der Waals surface area contributed by atoms with Crippen molar-refractivity contribution >= 4 is 45.8 Å². The summed E-state index contributed by atoms with van der Waals surface area (Å²) in [5.74, 6) is 0.290. The fourth-order valence-corrected chi connectivity index (χ4v) is 3.83. The van der Waals surface area contributed by atoms with Gasteiger partial charge < -0.3 is 5.32 Å². The quantitative estimate of drug-likeness (QED) is 0.412. The molecule has 1 amide bonds. The molecule has 0 saturated heterocycles. The molecule has 0 atom stereocenters. The van der Waals surface area contributed by atoms with Gasteiger partial charge in [0, 0.05) is 22.2 Å². The van der Waals surface area contributed by atoms with Gasteiger partial charge in [0.15, 0.2) is 0 Å². The van der Waals surface area contributed by atoms with Crippen molar-refractivity contribution in [2.24, 2.45) is 0 Å². The number of nitrogens with zero attached hydrogens (tertiary/aromatic N) is 2. The SMILES string of the molecule is Cc1cccnc1NC(=O)c1c(C)c(-c2ccc(Cl)cc2Cl)nc2ccccc12. The highest BCUT2D eigenvalue weighted by molar-refractivity contribution is 6.36. The summed E-state index contributed by atoms with van der Waals surface area (Å²) in [4.78, 5) is 22.3. The van der Waals surface area contributed by atoms with Crippen LogP contribution in [-0.2, 0) is 0 Å². The van der Waals surface area contributed by atoms with Crippen molar-refractivity contribution < 1.29 is 4.79 Å². The van der Waals surface area contributed by atoms with Crippen molar-refractivity contribution in [1.82, 2.24) is 9.97 Å². The molecule has 2 aromatic carbocycles. The third kappa shape index (κ3) is 3.69. The number of rotatable bonds is 3. The maximum atomic E-state index is 13.3. The molecule has 4 aromatic rings. The van der Waals surface area contributed by atoms with Crippen LogP contribution in [0.25, 0.3) is 22.2 Å². The van der Waals surface area contributed by atoms with Gasteiger partial charge in [0.2, 0.25) is 0 Å². The third-order valence-corrected chi connectivity index (χ3v) is 5.34. The molecule has 4 rings (SSSR count). The second-order valence-electron chi connectivity index (χ2n) is 6.72. The standard InChI is InChI=1S/C23H17Cl2N3O/c1-13-6-5-11-26-22(13)28-23(29)20-14(2)21(16-10-9-15(24)12-18(16)25)27-19-8-4-3-7-17(19)20/h3-12H,1-2H3,(H,26,28,29). The number of carbonyl (C=O) groups excluding carboxylic acids is 1. The van der Waals surface area contributed by atoms with Gasteiger partial charge in [-0.1, -0.05) is 47.5 Å². The van der Waals surface area contributed by atoms with Gasteiger partial charge in [-0.3, -0.25) is 4.79 Å². The summed E-state index contributed by atoms with van der Waals surface area (Å²) in [6.07, 6.45) is 1.65. The topological polar surface area (TPSA) is 54.9 Å². The summed E-state index contributed by atoms with van der Waals surface area (Å²) in [6.45, 7) is 3.78. The summed E-state index contributed by atoms with van der Waals surface area (Å²) < 4.78 is 0. The molecule has 4 nitrogen and oxygen atoms in total. The second-order valence-corrected chi connectivity index (χ2v) is 7.57. The highest BCUT2D eigenvalue weighted by Crippen LogP contribution is 2.35. The fraction of sp³-hybridized carbons (Fsp3) is 0.0870. The minimum absolute atomic E-state index is 0.241. The van der Waals surface area contributed by atoms with Crippen LogP contribution in [0.2, 0.25) is 10.0 Å². The number of aromatic nitrogens is 2. The Kier molecular flexibility index (Phi) is 5.22. The molecule has 0 radical (unpaired) electrons. The lowest BCUT2D eigenvalue weighted by Crippen LogP contribution is -2.16. The third-order valence-electron chi connectivity index (χ3n) is 4.79. The van der Waals surface area contributed by atoms with Crippen molar-refractivity contribution in [1.29, 1.82) is 0 Å². The number of halogens is 2. The molecule has 144 valence electrons. The number of benzene rings is 2. The molecular formula is C23H17Cl2N3O. The number of aryl methyl sites for hydroxylation is 1. The highest BCUT2D eigenvalue weighted by Gasteiger charge is 2.21. The minimum atomic E-state index is -0.241. The Morgan fingerprint density at radius 1 is 1.00 bits per heavy atom. The Hall–Kier alpha value is -2.95. The molecule has 0 saturated carbocycles. The maximum Gasteiger partial charge on any atom is 0.257 e. The molecular weight excluding hydrogens is 405 g/mol. The van der Waals surface area contributed by atoms with Gasteiger partial charge in [-0.15, -0.1) is 0 Å². The lowest BCUT2D eigenvalue weighted by atomic mass is 9.97. The molecule has 2 aromatic heterocycles. The van der Waals surface area contributed by atoms with E-state index in [-0.39, 0.29) is 5.91 Å². The zero-order valence-electron chi connectivity index (χ0n) is 15.8. The van der Waals surface area contributed by atoms with Crippen LogP contribution in [0.5, 0.6) is 0 Å².